The smallest absolute Gasteiger partial charge is 0.318 e. The summed E-state index contributed by atoms with van der Waals surface area (Å²) in [4.78, 5) is 7.44. The molecule has 2 aliphatic rings. The van der Waals surface area contributed by atoms with Crippen LogP contribution in [0.1, 0.15) is 38.5 Å². The summed E-state index contributed by atoms with van der Waals surface area (Å²) < 4.78 is 5.69. The number of rotatable bonds is 6. The Morgan fingerprint density at radius 1 is 0.864 bits per heavy atom. The van der Waals surface area contributed by atoms with Crippen LogP contribution in [0.5, 0.6) is 0 Å². The Balaban J connectivity index is 1.41. The van der Waals surface area contributed by atoms with E-state index in [4.69, 9.17) is 4.42 Å². The predicted octanol–water partition coefficient (Wildman–Crippen LogP) is 1.63. The monoisotopic (exact) mass is 307 g/mol. The lowest BCUT2D eigenvalue weighted by Crippen LogP contribution is -2.33. The zero-order valence-corrected chi connectivity index (χ0v) is 13.8. The maximum atomic E-state index is 5.69. The summed E-state index contributed by atoms with van der Waals surface area (Å²) in [5, 5.41) is 8.25. The fourth-order valence-electron chi connectivity index (χ4n) is 3.43. The van der Waals surface area contributed by atoms with Crippen molar-refractivity contribution in [1.29, 1.82) is 0 Å². The van der Waals surface area contributed by atoms with Crippen molar-refractivity contribution in [3.63, 3.8) is 0 Å². The molecule has 0 aliphatic carbocycles. The Morgan fingerprint density at radius 3 is 2.32 bits per heavy atom. The third-order valence-corrected chi connectivity index (χ3v) is 4.77. The zero-order chi connectivity index (χ0) is 15.2. The van der Waals surface area contributed by atoms with Crippen LogP contribution < -0.4 is 4.90 Å². The van der Waals surface area contributed by atoms with Gasteiger partial charge in [0.2, 0.25) is 5.89 Å². The fraction of sp³-hybridized carbons (Fsp3) is 0.875. The Hall–Kier alpha value is -1.14. The lowest BCUT2D eigenvalue weighted by atomic mass is 10.3. The van der Waals surface area contributed by atoms with Gasteiger partial charge in [-0.1, -0.05) is 12.0 Å². The van der Waals surface area contributed by atoms with Gasteiger partial charge in [-0.05, 0) is 58.4 Å². The molecule has 0 saturated carbocycles. The van der Waals surface area contributed by atoms with Crippen molar-refractivity contribution in [2.75, 3.05) is 57.3 Å². The van der Waals surface area contributed by atoms with Gasteiger partial charge in [-0.15, -0.1) is 5.10 Å². The lowest BCUT2D eigenvalue weighted by Gasteiger charge is -2.22. The quantitative estimate of drug-likeness (QED) is 0.796. The molecular weight excluding hydrogens is 278 g/mol. The van der Waals surface area contributed by atoms with Crippen LogP contribution in [0, 0.1) is 0 Å². The molecule has 22 heavy (non-hydrogen) atoms. The van der Waals surface area contributed by atoms with E-state index in [1.165, 1.54) is 58.4 Å². The zero-order valence-electron chi connectivity index (χ0n) is 13.8. The van der Waals surface area contributed by atoms with Gasteiger partial charge in [-0.2, -0.15) is 0 Å². The number of likely N-dealkylation sites (tertiary alicyclic amines) is 1. The highest BCUT2D eigenvalue weighted by atomic mass is 16.4. The van der Waals surface area contributed by atoms with E-state index in [0.29, 0.717) is 6.01 Å². The SMILES string of the molecule is CCc1nnc(N2CCCN(CCCN3CCCC3)CC2)o1. The van der Waals surface area contributed by atoms with Crippen molar-refractivity contribution in [1.82, 2.24) is 20.0 Å². The molecule has 0 N–H and O–H groups in total. The third-order valence-electron chi connectivity index (χ3n) is 4.77. The Bertz CT molecular complexity index is 443. The molecule has 3 rings (SSSR count). The molecule has 2 saturated heterocycles. The number of hydrogen-bond acceptors (Lipinski definition) is 6. The molecule has 2 aliphatic heterocycles. The average molecular weight is 307 g/mol. The maximum Gasteiger partial charge on any atom is 0.318 e. The van der Waals surface area contributed by atoms with E-state index in [1.807, 2.05) is 6.92 Å². The van der Waals surface area contributed by atoms with E-state index < -0.39 is 0 Å². The van der Waals surface area contributed by atoms with Crippen LogP contribution in [-0.2, 0) is 6.42 Å². The predicted molar refractivity (Wildman–Crippen MR) is 87.2 cm³/mol. The molecule has 6 nitrogen and oxygen atoms in total. The Kier molecular flexibility index (Phi) is 5.67. The maximum absolute atomic E-state index is 5.69. The van der Waals surface area contributed by atoms with E-state index in [0.717, 1.165) is 31.9 Å². The molecule has 0 atom stereocenters. The van der Waals surface area contributed by atoms with Gasteiger partial charge in [-0.3, -0.25) is 0 Å². The molecule has 6 heteroatoms. The third kappa shape index (κ3) is 4.20. The first kappa shape index (κ1) is 15.7. The Morgan fingerprint density at radius 2 is 1.59 bits per heavy atom. The second-order valence-corrected chi connectivity index (χ2v) is 6.42. The first-order valence-corrected chi connectivity index (χ1v) is 8.87. The molecule has 0 unspecified atom stereocenters. The highest BCUT2D eigenvalue weighted by molar-refractivity contribution is 5.24. The molecule has 3 heterocycles. The van der Waals surface area contributed by atoms with E-state index in [9.17, 15) is 0 Å². The van der Waals surface area contributed by atoms with Gasteiger partial charge in [0.05, 0.1) is 0 Å². The summed E-state index contributed by atoms with van der Waals surface area (Å²) >= 11 is 0. The number of anilines is 1. The van der Waals surface area contributed by atoms with Gasteiger partial charge in [-0.25, -0.2) is 0 Å². The van der Waals surface area contributed by atoms with Gasteiger partial charge in [0.15, 0.2) is 0 Å². The normalized spacial score (nSPS) is 21.4. The van der Waals surface area contributed by atoms with E-state index in [-0.39, 0.29) is 0 Å². The molecular formula is C16H29N5O. The first-order valence-electron chi connectivity index (χ1n) is 8.87. The number of hydrogen-bond donors (Lipinski definition) is 0. The number of aryl methyl sites for hydroxylation is 1. The molecule has 0 aromatic carbocycles. The molecule has 0 spiro atoms. The second-order valence-electron chi connectivity index (χ2n) is 6.42. The van der Waals surface area contributed by atoms with Crippen molar-refractivity contribution < 1.29 is 4.42 Å². The summed E-state index contributed by atoms with van der Waals surface area (Å²) in [6, 6.07) is 0.704. The fourth-order valence-corrected chi connectivity index (χ4v) is 3.43. The average Bonchev–Trinajstić information content (AvgIpc) is 3.16. The molecule has 1 aromatic rings. The van der Waals surface area contributed by atoms with E-state index >= 15 is 0 Å². The van der Waals surface area contributed by atoms with Crippen LogP contribution >= 0.6 is 0 Å². The van der Waals surface area contributed by atoms with Crippen LogP contribution in [-0.4, -0.2) is 72.4 Å². The second kappa shape index (κ2) is 7.92. The van der Waals surface area contributed by atoms with Crippen molar-refractivity contribution in [3.8, 4) is 0 Å². The van der Waals surface area contributed by atoms with Crippen molar-refractivity contribution in [3.05, 3.63) is 5.89 Å². The minimum absolute atomic E-state index is 0.704. The molecule has 2 fully saturated rings. The number of aromatic nitrogens is 2. The largest absolute Gasteiger partial charge is 0.408 e. The number of nitrogens with zero attached hydrogens (tertiary/aromatic N) is 5. The Labute approximate surface area is 133 Å². The molecule has 0 radical (unpaired) electrons. The first-order chi connectivity index (χ1) is 10.8. The molecule has 1 aromatic heterocycles. The molecule has 0 bridgehead atoms. The standard InChI is InChI=1S/C16H29N5O/c1-2-15-17-18-16(22-15)21-12-6-11-20(13-14-21)10-5-9-19-7-3-4-8-19/h2-14H2,1H3. The summed E-state index contributed by atoms with van der Waals surface area (Å²) in [5.74, 6) is 0.738. The van der Waals surface area contributed by atoms with Crippen LogP contribution in [0.3, 0.4) is 0 Å². The summed E-state index contributed by atoms with van der Waals surface area (Å²) in [6.07, 6.45) is 6.06. The van der Waals surface area contributed by atoms with Gasteiger partial charge in [0.1, 0.15) is 0 Å². The minimum atomic E-state index is 0.704. The van der Waals surface area contributed by atoms with Crippen LogP contribution in [0.4, 0.5) is 6.01 Å². The van der Waals surface area contributed by atoms with Gasteiger partial charge >= 0.3 is 6.01 Å². The molecule has 124 valence electrons. The summed E-state index contributed by atoms with van der Waals surface area (Å²) in [5.41, 5.74) is 0. The lowest BCUT2D eigenvalue weighted by molar-refractivity contribution is 0.257. The topological polar surface area (TPSA) is 48.6 Å². The van der Waals surface area contributed by atoms with Crippen LogP contribution in [0.2, 0.25) is 0 Å². The molecule has 0 amide bonds. The van der Waals surface area contributed by atoms with Gasteiger partial charge in [0, 0.05) is 26.1 Å². The summed E-state index contributed by atoms with van der Waals surface area (Å²) in [6.45, 7) is 11.5. The van der Waals surface area contributed by atoms with Gasteiger partial charge < -0.3 is 19.1 Å². The van der Waals surface area contributed by atoms with Crippen molar-refractivity contribution in [2.45, 2.75) is 39.0 Å². The summed E-state index contributed by atoms with van der Waals surface area (Å²) in [7, 11) is 0. The highest BCUT2D eigenvalue weighted by Crippen LogP contribution is 2.15. The van der Waals surface area contributed by atoms with Crippen molar-refractivity contribution in [2.24, 2.45) is 0 Å². The van der Waals surface area contributed by atoms with Crippen LogP contribution in [0.15, 0.2) is 4.42 Å². The van der Waals surface area contributed by atoms with Crippen LogP contribution in [0.25, 0.3) is 0 Å². The highest BCUT2D eigenvalue weighted by Gasteiger charge is 2.19. The minimum Gasteiger partial charge on any atom is -0.408 e. The van der Waals surface area contributed by atoms with Crippen molar-refractivity contribution >= 4 is 6.01 Å². The van der Waals surface area contributed by atoms with Gasteiger partial charge in [0.25, 0.3) is 0 Å². The van der Waals surface area contributed by atoms with E-state index in [2.05, 4.69) is 24.9 Å². The van der Waals surface area contributed by atoms with E-state index in [1.54, 1.807) is 0 Å².